The Morgan fingerprint density at radius 3 is 2.65 bits per heavy atom. The Balaban J connectivity index is 1.63. The number of pyridine rings is 2. The normalized spacial score (nSPS) is 21.9. The fourth-order valence-corrected chi connectivity index (χ4v) is 3.12. The van der Waals surface area contributed by atoms with Crippen LogP contribution in [0.15, 0.2) is 24.1 Å². The molecule has 0 saturated carbocycles. The second-order valence-electron chi connectivity index (χ2n) is 7.83. The summed E-state index contributed by atoms with van der Waals surface area (Å²) in [4.78, 5) is 8.98. The molecule has 0 bridgehead atoms. The van der Waals surface area contributed by atoms with E-state index in [2.05, 4.69) is 9.97 Å². The van der Waals surface area contributed by atoms with E-state index in [9.17, 15) is 4.39 Å². The van der Waals surface area contributed by atoms with Gasteiger partial charge in [0.05, 0.1) is 30.1 Å². The van der Waals surface area contributed by atoms with Gasteiger partial charge in [-0.15, -0.1) is 0 Å². The number of halogens is 1. The molecular formula is C19H22BFN2O3. The van der Waals surface area contributed by atoms with E-state index in [1.54, 1.807) is 6.20 Å². The minimum absolute atomic E-state index is 0.473. The third kappa shape index (κ3) is 3.04. The molecule has 0 aromatic carbocycles. The highest BCUT2D eigenvalue weighted by molar-refractivity contribution is 6.54. The van der Waals surface area contributed by atoms with Crippen LogP contribution < -0.4 is 0 Å². The van der Waals surface area contributed by atoms with Crippen LogP contribution in [0.1, 0.15) is 44.5 Å². The van der Waals surface area contributed by atoms with E-state index in [4.69, 9.17) is 14.0 Å². The standard InChI is InChI=1S/C19H22BFN2O3/c1-18(2)19(3,4)26-20(25-18)16(21)8-12-7-13-9-14-11-24-6-5-15(14)23-17(13)22-10-12/h7-10H,5-6,11H2,1-4H3. The monoisotopic (exact) mass is 356 g/mol. The molecule has 2 aliphatic rings. The van der Waals surface area contributed by atoms with Crippen LogP contribution in [-0.4, -0.2) is 34.9 Å². The number of rotatable bonds is 2. The highest BCUT2D eigenvalue weighted by Crippen LogP contribution is 2.39. The van der Waals surface area contributed by atoms with Crippen molar-refractivity contribution in [3.05, 3.63) is 40.9 Å². The Kier molecular flexibility index (Phi) is 4.13. The summed E-state index contributed by atoms with van der Waals surface area (Å²) in [6.45, 7) is 8.83. The van der Waals surface area contributed by atoms with E-state index in [1.165, 1.54) is 6.08 Å². The van der Waals surface area contributed by atoms with Crippen LogP contribution in [0.5, 0.6) is 0 Å². The molecule has 2 aromatic rings. The zero-order valence-corrected chi connectivity index (χ0v) is 15.5. The number of hydrogen-bond donors (Lipinski definition) is 0. The van der Waals surface area contributed by atoms with Gasteiger partial charge in [0.1, 0.15) is 5.73 Å². The average molecular weight is 356 g/mol. The molecule has 7 heteroatoms. The summed E-state index contributed by atoms with van der Waals surface area (Å²) in [7, 11) is -1.01. The lowest BCUT2D eigenvalue weighted by atomic mass is 9.87. The van der Waals surface area contributed by atoms with Crippen LogP contribution in [0.4, 0.5) is 4.39 Å². The van der Waals surface area contributed by atoms with Gasteiger partial charge in [0.2, 0.25) is 0 Å². The molecule has 2 aromatic heterocycles. The predicted molar refractivity (Wildman–Crippen MR) is 98.1 cm³/mol. The molecule has 0 spiro atoms. The smallest absolute Gasteiger partial charge is 0.398 e. The largest absolute Gasteiger partial charge is 0.525 e. The van der Waals surface area contributed by atoms with Gasteiger partial charge in [0, 0.05) is 23.6 Å². The third-order valence-corrected chi connectivity index (χ3v) is 5.38. The summed E-state index contributed by atoms with van der Waals surface area (Å²) < 4.78 is 31.7. The Labute approximate surface area is 152 Å². The van der Waals surface area contributed by atoms with E-state index in [0.717, 1.165) is 23.1 Å². The first-order valence-corrected chi connectivity index (χ1v) is 8.84. The Hall–Kier alpha value is -1.83. The van der Waals surface area contributed by atoms with Crippen LogP contribution in [0, 0.1) is 0 Å². The predicted octanol–water partition coefficient (Wildman–Crippen LogP) is 3.64. The molecule has 2 aliphatic heterocycles. The summed E-state index contributed by atoms with van der Waals surface area (Å²) in [5.41, 5.74) is 1.78. The van der Waals surface area contributed by atoms with Gasteiger partial charge in [-0.05, 0) is 51.5 Å². The second kappa shape index (κ2) is 6.11. The molecule has 5 nitrogen and oxygen atoms in total. The topological polar surface area (TPSA) is 53.5 Å². The molecule has 26 heavy (non-hydrogen) atoms. The highest BCUT2D eigenvalue weighted by Gasteiger charge is 2.53. The van der Waals surface area contributed by atoms with E-state index < -0.39 is 24.0 Å². The maximum absolute atomic E-state index is 14.7. The molecule has 0 N–H and O–H groups in total. The van der Waals surface area contributed by atoms with Crippen molar-refractivity contribution in [2.75, 3.05) is 6.61 Å². The number of hydrogen-bond acceptors (Lipinski definition) is 5. The highest BCUT2D eigenvalue weighted by atomic mass is 19.1. The lowest BCUT2D eigenvalue weighted by molar-refractivity contribution is 0.00578. The summed E-state index contributed by atoms with van der Waals surface area (Å²) in [5.74, 6) is 0. The first kappa shape index (κ1) is 17.6. The van der Waals surface area contributed by atoms with Crippen LogP contribution in [-0.2, 0) is 27.1 Å². The number of aromatic nitrogens is 2. The van der Waals surface area contributed by atoms with Crippen LogP contribution in [0.2, 0.25) is 0 Å². The van der Waals surface area contributed by atoms with Crippen molar-refractivity contribution in [3.63, 3.8) is 0 Å². The van der Waals surface area contributed by atoms with Gasteiger partial charge in [-0.25, -0.2) is 14.4 Å². The van der Waals surface area contributed by atoms with Crippen molar-refractivity contribution < 1.29 is 18.4 Å². The first-order valence-electron chi connectivity index (χ1n) is 8.84. The van der Waals surface area contributed by atoms with Gasteiger partial charge in [-0.2, -0.15) is 0 Å². The molecule has 0 atom stereocenters. The SMILES string of the molecule is CC1(C)OB(C(F)=Cc2cnc3nc4c(cc3c2)COCC4)OC1(C)C. The van der Waals surface area contributed by atoms with Crippen LogP contribution in [0.3, 0.4) is 0 Å². The van der Waals surface area contributed by atoms with Gasteiger partial charge in [0.25, 0.3) is 0 Å². The van der Waals surface area contributed by atoms with E-state index in [0.29, 0.717) is 24.4 Å². The number of ether oxygens (including phenoxy) is 1. The zero-order chi connectivity index (χ0) is 18.5. The molecule has 1 fully saturated rings. The summed E-state index contributed by atoms with van der Waals surface area (Å²) in [5, 5.41) is 0.865. The van der Waals surface area contributed by atoms with Crippen molar-refractivity contribution in [2.45, 2.75) is 51.9 Å². The van der Waals surface area contributed by atoms with Crippen molar-refractivity contribution >= 4 is 24.2 Å². The summed E-state index contributed by atoms with van der Waals surface area (Å²) >= 11 is 0. The molecule has 0 unspecified atom stereocenters. The van der Waals surface area contributed by atoms with Gasteiger partial charge in [-0.3, -0.25) is 0 Å². The Morgan fingerprint density at radius 1 is 1.19 bits per heavy atom. The quantitative estimate of drug-likeness (QED) is 0.769. The van der Waals surface area contributed by atoms with Gasteiger partial charge >= 0.3 is 7.12 Å². The zero-order valence-electron chi connectivity index (χ0n) is 15.5. The Morgan fingerprint density at radius 2 is 1.92 bits per heavy atom. The van der Waals surface area contributed by atoms with E-state index >= 15 is 0 Å². The van der Waals surface area contributed by atoms with Crippen LogP contribution in [0.25, 0.3) is 17.1 Å². The first-order chi connectivity index (χ1) is 12.2. The third-order valence-electron chi connectivity index (χ3n) is 5.38. The number of fused-ring (bicyclic) bond motifs is 2. The van der Waals surface area contributed by atoms with Crippen molar-refractivity contribution in [2.24, 2.45) is 0 Å². The number of nitrogens with zero attached hydrogens (tertiary/aromatic N) is 2. The average Bonchev–Trinajstić information content (AvgIpc) is 2.81. The molecule has 4 heterocycles. The molecule has 0 aliphatic carbocycles. The molecule has 4 rings (SSSR count). The summed E-state index contributed by atoms with van der Waals surface area (Å²) in [6.07, 6.45) is 3.82. The fourth-order valence-electron chi connectivity index (χ4n) is 3.12. The van der Waals surface area contributed by atoms with Crippen molar-refractivity contribution in [1.82, 2.24) is 9.97 Å². The molecular weight excluding hydrogens is 334 g/mol. The molecule has 0 amide bonds. The molecule has 1 saturated heterocycles. The van der Waals surface area contributed by atoms with E-state index in [-0.39, 0.29) is 0 Å². The van der Waals surface area contributed by atoms with E-state index in [1.807, 2.05) is 39.8 Å². The minimum atomic E-state index is -1.01. The van der Waals surface area contributed by atoms with Gasteiger partial charge in [-0.1, -0.05) is 0 Å². The van der Waals surface area contributed by atoms with Crippen LogP contribution >= 0.6 is 0 Å². The minimum Gasteiger partial charge on any atom is -0.398 e. The van der Waals surface area contributed by atoms with Gasteiger partial charge in [0.15, 0.2) is 5.65 Å². The van der Waals surface area contributed by atoms with Crippen molar-refractivity contribution in [1.29, 1.82) is 0 Å². The van der Waals surface area contributed by atoms with Gasteiger partial charge < -0.3 is 14.0 Å². The van der Waals surface area contributed by atoms with Crippen molar-refractivity contribution in [3.8, 4) is 0 Å². The maximum Gasteiger partial charge on any atom is 0.525 e. The lowest BCUT2D eigenvalue weighted by Crippen LogP contribution is -2.41. The second-order valence-corrected chi connectivity index (χ2v) is 7.83. The molecule has 0 radical (unpaired) electrons. The maximum atomic E-state index is 14.7. The summed E-state index contributed by atoms with van der Waals surface area (Å²) in [6, 6.07) is 3.89. The Bertz CT molecular complexity index is 882. The lowest BCUT2D eigenvalue weighted by Gasteiger charge is -2.32. The molecule has 136 valence electrons. The fraction of sp³-hybridized carbons (Fsp3) is 0.474.